The first-order valence-corrected chi connectivity index (χ1v) is 9.57. The SMILES string of the molecule is CN(C(=O)c1cccc(CS(C)=O)c1)C(CCO)c1ccccc1. The number of carbonyl (C=O) groups is 1. The van der Waals surface area contributed by atoms with Crippen LogP contribution in [0.4, 0.5) is 0 Å². The number of amides is 1. The van der Waals surface area contributed by atoms with Gasteiger partial charge < -0.3 is 10.0 Å². The third-order valence-electron chi connectivity index (χ3n) is 3.92. The van der Waals surface area contributed by atoms with Gasteiger partial charge in [0.1, 0.15) is 0 Å². The van der Waals surface area contributed by atoms with Crippen LogP contribution in [0.5, 0.6) is 0 Å². The van der Waals surface area contributed by atoms with E-state index in [0.717, 1.165) is 11.1 Å². The van der Waals surface area contributed by atoms with Crippen molar-refractivity contribution < 1.29 is 14.1 Å². The Morgan fingerprint density at radius 1 is 1.17 bits per heavy atom. The maximum Gasteiger partial charge on any atom is 0.254 e. The molecule has 0 saturated carbocycles. The van der Waals surface area contributed by atoms with Crippen molar-refractivity contribution in [1.29, 1.82) is 0 Å². The second-order valence-electron chi connectivity index (χ2n) is 5.77. The van der Waals surface area contributed by atoms with Gasteiger partial charge in [0.25, 0.3) is 5.91 Å². The van der Waals surface area contributed by atoms with Crippen molar-refractivity contribution in [1.82, 2.24) is 4.90 Å². The quantitative estimate of drug-likeness (QED) is 0.839. The van der Waals surface area contributed by atoms with Crippen LogP contribution in [0, 0.1) is 0 Å². The lowest BCUT2D eigenvalue weighted by atomic mass is 10.0. The third-order valence-corrected chi connectivity index (χ3v) is 4.66. The molecule has 0 aliphatic heterocycles. The van der Waals surface area contributed by atoms with Gasteiger partial charge in [-0.2, -0.15) is 0 Å². The highest BCUT2D eigenvalue weighted by atomic mass is 32.2. The number of benzene rings is 2. The first-order valence-electron chi connectivity index (χ1n) is 7.85. The normalized spacial score (nSPS) is 13.3. The molecule has 2 unspecified atom stereocenters. The Kier molecular flexibility index (Phi) is 6.70. The highest BCUT2D eigenvalue weighted by molar-refractivity contribution is 7.83. The fourth-order valence-corrected chi connectivity index (χ4v) is 3.40. The highest BCUT2D eigenvalue weighted by Crippen LogP contribution is 2.24. The van der Waals surface area contributed by atoms with Gasteiger partial charge in [-0.05, 0) is 29.7 Å². The lowest BCUT2D eigenvalue weighted by molar-refractivity contribution is 0.0705. The summed E-state index contributed by atoms with van der Waals surface area (Å²) >= 11 is 0. The molecular formula is C19H23NO3S. The fraction of sp³-hybridized carbons (Fsp3) is 0.316. The van der Waals surface area contributed by atoms with Gasteiger partial charge in [-0.25, -0.2) is 0 Å². The molecule has 0 spiro atoms. The van der Waals surface area contributed by atoms with Crippen molar-refractivity contribution in [3.05, 3.63) is 71.3 Å². The largest absolute Gasteiger partial charge is 0.396 e. The van der Waals surface area contributed by atoms with Gasteiger partial charge in [-0.15, -0.1) is 0 Å². The summed E-state index contributed by atoms with van der Waals surface area (Å²) in [5, 5.41) is 9.37. The van der Waals surface area contributed by atoms with Crippen LogP contribution in [0.25, 0.3) is 0 Å². The van der Waals surface area contributed by atoms with Crippen LogP contribution in [0.3, 0.4) is 0 Å². The van der Waals surface area contributed by atoms with Crippen molar-refractivity contribution in [2.45, 2.75) is 18.2 Å². The Morgan fingerprint density at radius 2 is 1.88 bits per heavy atom. The fourth-order valence-electron chi connectivity index (χ4n) is 2.76. The molecule has 5 heteroatoms. The predicted molar refractivity (Wildman–Crippen MR) is 97.2 cm³/mol. The second-order valence-corrected chi connectivity index (χ2v) is 7.21. The van der Waals surface area contributed by atoms with Crippen LogP contribution in [-0.2, 0) is 16.6 Å². The lowest BCUT2D eigenvalue weighted by Gasteiger charge is -2.28. The van der Waals surface area contributed by atoms with Crippen LogP contribution in [0.15, 0.2) is 54.6 Å². The van der Waals surface area contributed by atoms with E-state index in [9.17, 15) is 14.1 Å². The molecule has 24 heavy (non-hydrogen) atoms. The summed E-state index contributed by atoms with van der Waals surface area (Å²) < 4.78 is 11.4. The minimum absolute atomic E-state index is 0.00599. The van der Waals surface area contributed by atoms with Crippen LogP contribution >= 0.6 is 0 Å². The molecule has 4 nitrogen and oxygen atoms in total. The summed E-state index contributed by atoms with van der Waals surface area (Å²) in [6.45, 7) is 0.00599. The number of hydrogen-bond acceptors (Lipinski definition) is 3. The van der Waals surface area contributed by atoms with Crippen LogP contribution < -0.4 is 0 Å². The molecule has 0 aliphatic carbocycles. The van der Waals surface area contributed by atoms with E-state index in [4.69, 9.17) is 0 Å². The number of nitrogens with zero attached hydrogens (tertiary/aromatic N) is 1. The van der Waals surface area contributed by atoms with E-state index in [2.05, 4.69) is 0 Å². The molecule has 1 N–H and O–H groups in total. The molecule has 1 amide bonds. The Bertz CT molecular complexity index is 703. The zero-order valence-corrected chi connectivity index (χ0v) is 14.8. The molecule has 0 bridgehead atoms. The van der Waals surface area contributed by atoms with E-state index in [1.54, 1.807) is 30.3 Å². The molecule has 128 valence electrons. The van der Waals surface area contributed by atoms with Gasteiger partial charge >= 0.3 is 0 Å². The topological polar surface area (TPSA) is 57.6 Å². The van der Waals surface area contributed by atoms with Crippen LogP contribution in [-0.4, -0.2) is 40.0 Å². The summed E-state index contributed by atoms with van der Waals surface area (Å²) in [4.78, 5) is 14.5. The molecule has 0 aliphatic rings. The number of rotatable bonds is 7. The van der Waals surface area contributed by atoms with E-state index >= 15 is 0 Å². The molecule has 2 atom stereocenters. The van der Waals surface area contributed by atoms with E-state index in [0.29, 0.717) is 17.7 Å². The molecule has 0 fully saturated rings. The molecule has 0 radical (unpaired) electrons. The minimum atomic E-state index is -0.948. The Morgan fingerprint density at radius 3 is 2.50 bits per heavy atom. The number of aliphatic hydroxyl groups is 1. The van der Waals surface area contributed by atoms with Crippen LogP contribution in [0.2, 0.25) is 0 Å². The van der Waals surface area contributed by atoms with Gasteiger partial charge in [0.05, 0.1) is 6.04 Å². The van der Waals surface area contributed by atoms with Gasteiger partial charge in [-0.1, -0.05) is 42.5 Å². The molecular weight excluding hydrogens is 322 g/mol. The highest BCUT2D eigenvalue weighted by Gasteiger charge is 2.22. The zero-order chi connectivity index (χ0) is 17.5. The average Bonchev–Trinajstić information content (AvgIpc) is 2.59. The third kappa shape index (κ3) is 4.76. The van der Waals surface area contributed by atoms with Crippen molar-refractivity contribution >= 4 is 16.7 Å². The van der Waals surface area contributed by atoms with E-state index in [-0.39, 0.29) is 18.6 Å². The van der Waals surface area contributed by atoms with Gasteiger partial charge in [-0.3, -0.25) is 9.00 Å². The van der Waals surface area contributed by atoms with Gasteiger partial charge in [0, 0.05) is 42.0 Å². The van der Waals surface area contributed by atoms with Crippen molar-refractivity contribution in [3.8, 4) is 0 Å². The monoisotopic (exact) mass is 345 g/mol. The number of aliphatic hydroxyl groups excluding tert-OH is 1. The summed E-state index contributed by atoms with van der Waals surface area (Å²) in [7, 11) is 0.802. The summed E-state index contributed by atoms with van der Waals surface area (Å²) in [5.74, 6) is 0.324. The smallest absolute Gasteiger partial charge is 0.254 e. The van der Waals surface area contributed by atoms with E-state index < -0.39 is 10.8 Å². The van der Waals surface area contributed by atoms with Gasteiger partial charge in [0.2, 0.25) is 0 Å². The van der Waals surface area contributed by atoms with E-state index in [1.807, 2.05) is 42.5 Å². The predicted octanol–water partition coefficient (Wildman–Crippen LogP) is 2.76. The minimum Gasteiger partial charge on any atom is -0.396 e. The van der Waals surface area contributed by atoms with Crippen molar-refractivity contribution in [2.24, 2.45) is 0 Å². The maximum atomic E-state index is 12.8. The Labute approximate surface area is 145 Å². The molecule has 0 aromatic heterocycles. The first kappa shape index (κ1) is 18.4. The van der Waals surface area contributed by atoms with Crippen LogP contribution in [0.1, 0.15) is 33.9 Å². The summed E-state index contributed by atoms with van der Waals surface area (Å²) in [6, 6.07) is 16.8. The second kappa shape index (κ2) is 8.76. The average molecular weight is 345 g/mol. The molecule has 0 saturated heterocycles. The maximum absolute atomic E-state index is 12.8. The number of hydrogen-bond donors (Lipinski definition) is 1. The Balaban J connectivity index is 2.25. The van der Waals surface area contributed by atoms with Gasteiger partial charge in [0.15, 0.2) is 0 Å². The molecule has 0 heterocycles. The summed E-state index contributed by atoms with van der Waals surface area (Å²) in [5.41, 5.74) is 2.45. The summed E-state index contributed by atoms with van der Waals surface area (Å²) in [6.07, 6.45) is 2.12. The Hall–Kier alpha value is -1.98. The molecule has 2 aromatic rings. The van der Waals surface area contributed by atoms with Crippen molar-refractivity contribution in [3.63, 3.8) is 0 Å². The number of carbonyl (C=O) groups excluding carboxylic acids is 1. The lowest BCUT2D eigenvalue weighted by Crippen LogP contribution is -2.32. The van der Waals surface area contributed by atoms with E-state index in [1.165, 1.54) is 0 Å². The zero-order valence-electron chi connectivity index (χ0n) is 14.0. The standard InChI is InChI=1S/C19H23NO3S/c1-20(18(11-12-21)16-8-4-3-5-9-16)19(22)17-10-6-7-15(13-17)14-24(2)23/h3-10,13,18,21H,11-12,14H2,1-2H3. The molecule has 2 rings (SSSR count). The molecule has 2 aromatic carbocycles. The first-order chi connectivity index (χ1) is 11.5. The van der Waals surface area contributed by atoms with Crippen molar-refractivity contribution in [2.75, 3.05) is 19.9 Å².